The first-order chi connectivity index (χ1) is 15.3. The zero-order chi connectivity index (χ0) is 22.9. The number of aromatic nitrogens is 2. The van der Waals surface area contributed by atoms with Crippen LogP contribution >= 0.6 is 11.6 Å². The monoisotopic (exact) mass is 477 g/mol. The molecule has 2 aromatic heterocycles. The van der Waals surface area contributed by atoms with Crippen LogP contribution in [0.1, 0.15) is 31.2 Å². The van der Waals surface area contributed by atoms with Crippen LogP contribution in [0.5, 0.6) is 5.88 Å². The lowest BCUT2D eigenvalue weighted by atomic mass is 9.90. The molecule has 3 heterocycles. The van der Waals surface area contributed by atoms with Crippen molar-refractivity contribution < 1.29 is 23.1 Å². The van der Waals surface area contributed by atoms with Gasteiger partial charge in [-0.15, -0.1) is 0 Å². The summed E-state index contributed by atoms with van der Waals surface area (Å²) in [5, 5.41) is 10.7. The third-order valence-electron chi connectivity index (χ3n) is 5.71. The highest BCUT2D eigenvalue weighted by atomic mass is 35.5. The summed E-state index contributed by atoms with van der Waals surface area (Å²) >= 11 is 6.13. The first kappa shape index (κ1) is 22.6. The van der Waals surface area contributed by atoms with E-state index in [2.05, 4.69) is 4.98 Å². The van der Waals surface area contributed by atoms with Gasteiger partial charge in [0, 0.05) is 35.8 Å². The summed E-state index contributed by atoms with van der Waals surface area (Å²) in [5.74, 6) is -0.417. The Kier molecular flexibility index (Phi) is 6.41. The lowest BCUT2D eigenvalue weighted by molar-refractivity contribution is -0.137. The number of hydrogen-bond acceptors (Lipinski definition) is 5. The van der Waals surface area contributed by atoms with Gasteiger partial charge in [-0.05, 0) is 49.4 Å². The first-order valence-corrected chi connectivity index (χ1v) is 12.2. The molecule has 1 aliphatic heterocycles. The van der Waals surface area contributed by atoms with Crippen molar-refractivity contribution in [3.63, 3.8) is 0 Å². The predicted octanol–water partition coefficient (Wildman–Crippen LogP) is 3.74. The van der Waals surface area contributed by atoms with Gasteiger partial charge >= 0.3 is 5.97 Å². The van der Waals surface area contributed by atoms with Crippen LogP contribution < -0.4 is 4.74 Å². The summed E-state index contributed by atoms with van der Waals surface area (Å²) in [5.41, 5.74) is 1.79. The maximum Gasteiger partial charge on any atom is 0.323 e. The number of carbonyl (C=O) groups is 1. The number of rotatable bonds is 7. The second-order valence-electron chi connectivity index (χ2n) is 7.71. The van der Waals surface area contributed by atoms with Gasteiger partial charge in [0.05, 0.1) is 18.3 Å². The van der Waals surface area contributed by atoms with E-state index in [4.69, 9.17) is 16.3 Å². The fraction of sp³-hybridized carbons (Fsp3) is 0.364. The molecule has 1 aliphatic rings. The van der Waals surface area contributed by atoms with Crippen LogP contribution in [-0.4, -0.2) is 53.0 Å². The van der Waals surface area contributed by atoms with Crippen LogP contribution in [0, 0.1) is 0 Å². The SMILES string of the molecule is CCOc1ccc(S(=O)(=O)N2CCC(c3cn(CC(=O)O)c4cc(Cl)ccc34)CC2)cn1. The Balaban J connectivity index is 1.53. The van der Waals surface area contributed by atoms with E-state index in [9.17, 15) is 18.3 Å². The third kappa shape index (κ3) is 4.46. The van der Waals surface area contributed by atoms with E-state index < -0.39 is 16.0 Å². The molecule has 0 bridgehead atoms. The predicted molar refractivity (Wildman–Crippen MR) is 121 cm³/mol. The fourth-order valence-electron chi connectivity index (χ4n) is 4.20. The zero-order valence-corrected chi connectivity index (χ0v) is 19.1. The normalized spacial score (nSPS) is 15.8. The molecule has 0 radical (unpaired) electrons. The summed E-state index contributed by atoms with van der Waals surface area (Å²) in [7, 11) is -3.64. The van der Waals surface area contributed by atoms with E-state index in [-0.39, 0.29) is 17.4 Å². The van der Waals surface area contributed by atoms with Crippen molar-refractivity contribution in [2.24, 2.45) is 0 Å². The molecule has 4 rings (SSSR count). The maximum atomic E-state index is 13.0. The number of carboxylic acid groups (broad SMARTS) is 1. The Hall–Kier alpha value is -2.62. The molecule has 3 aromatic rings. The van der Waals surface area contributed by atoms with E-state index in [1.807, 2.05) is 19.2 Å². The molecule has 0 atom stereocenters. The molecule has 8 nitrogen and oxygen atoms in total. The van der Waals surface area contributed by atoms with Crippen LogP contribution in [0.3, 0.4) is 0 Å². The van der Waals surface area contributed by atoms with Crippen molar-refractivity contribution in [2.75, 3.05) is 19.7 Å². The van der Waals surface area contributed by atoms with Gasteiger partial charge in [-0.1, -0.05) is 17.7 Å². The van der Waals surface area contributed by atoms with Gasteiger partial charge in [-0.25, -0.2) is 13.4 Å². The minimum atomic E-state index is -3.64. The van der Waals surface area contributed by atoms with Crippen molar-refractivity contribution in [1.82, 2.24) is 13.9 Å². The maximum absolute atomic E-state index is 13.0. The summed E-state index contributed by atoms with van der Waals surface area (Å²) < 4.78 is 34.5. The Morgan fingerprint density at radius 3 is 2.62 bits per heavy atom. The van der Waals surface area contributed by atoms with Gasteiger partial charge in [-0.2, -0.15) is 4.31 Å². The van der Waals surface area contributed by atoms with Gasteiger partial charge in [0.25, 0.3) is 0 Å². The minimum absolute atomic E-state index is 0.124. The number of aliphatic carboxylic acids is 1. The van der Waals surface area contributed by atoms with Crippen molar-refractivity contribution in [2.45, 2.75) is 37.1 Å². The molecule has 1 saturated heterocycles. The van der Waals surface area contributed by atoms with Gasteiger partial charge in [0.15, 0.2) is 0 Å². The molecule has 1 N–H and O–H groups in total. The van der Waals surface area contributed by atoms with E-state index in [0.29, 0.717) is 43.4 Å². The topological polar surface area (TPSA) is 102 Å². The molecule has 0 amide bonds. The molecule has 32 heavy (non-hydrogen) atoms. The summed E-state index contributed by atoms with van der Waals surface area (Å²) in [6, 6.07) is 8.53. The minimum Gasteiger partial charge on any atom is -0.480 e. The van der Waals surface area contributed by atoms with Crippen LogP contribution in [0.2, 0.25) is 5.02 Å². The highest BCUT2D eigenvalue weighted by Crippen LogP contribution is 2.36. The number of carboxylic acids is 1. The molecule has 0 spiro atoms. The average molecular weight is 478 g/mol. The smallest absolute Gasteiger partial charge is 0.323 e. The molecule has 0 unspecified atom stereocenters. The number of hydrogen-bond donors (Lipinski definition) is 1. The van der Waals surface area contributed by atoms with E-state index in [0.717, 1.165) is 16.5 Å². The Bertz CT molecular complexity index is 1230. The fourth-order valence-corrected chi connectivity index (χ4v) is 5.79. The summed E-state index contributed by atoms with van der Waals surface area (Å²) in [6.07, 6.45) is 4.47. The molecular weight excluding hydrogens is 454 g/mol. The van der Waals surface area contributed by atoms with E-state index >= 15 is 0 Å². The average Bonchev–Trinajstić information content (AvgIpc) is 3.11. The number of fused-ring (bicyclic) bond motifs is 1. The van der Waals surface area contributed by atoms with Crippen LogP contribution in [-0.2, 0) is 21.4 Å². The lowest BCUT2D eigenvalue weighted by Gasteiger charge is -2.31. The molecule has 1 fully saturated rings. The third-order valence-corrected chi connectivity index (χ3v) is 7.83. The zero-order valence-electron chi connectivity index (χ0n) is 17.6. The molecule has 10 heteroatoms. The Morgan fingerprint density at radius 1 is 1.25 bits per heavy atom. The van der Waals surface area contributed by atoms with Crippen LogP contribution in [0.25, 0.3) is 10.9 Å². The van der Waals surface area contributed by atoms with Gasteiger partial charge in [-0.3, -0.25) is 4.79 Å². The Morgan fingerprint density at radius 2 is 2.00 bits per heavy atom. The molecule has 1 aromatic carbocycles. The largest absolute Gasteiger partial charge is 0.480 e. The standard InChI is InChI=1S/C22H24ClN3O5S/c1-2-31-21-6-4-17(12-24-21)32(29,30)26-9-7-15(8-10-26)19-13-25(14-22(27)28)20-11-16(23)3-5-18(19)20/h3-6,11-13,15H,2,7-10,14H2,1H3,(H,27,28). The molecule has 0 aliphatic carbocycles. The van der Waals surface area contributed by atoms with Crippen molar-refractivity contribution in [1.29, 1.82) is 0 Å². The molecule has 0 saturated carbocycles. The van der Waals surface area contributed by atoms with Crippen LogP contribution in [0.15, 0.2) is 47.6 Å². The second kappa shape index (κ2) is 9.09. The number of ether oxygens (including phenoxy) is 1. The molecular formula is C22H24ClN3O5S. The number of sulfonamides is 1. The quantitative estimate of drug-likeness (QED) is 0.556. The first-order valence-electron chi connectivity index (χ1n) is 10.4. The number of benzene rings is 1. The van der Waals surface area contributed by atoms with E-state index in [1.165, 1.54) is 16.6 Å². The van der Waals surface area contributed by atoms with Gasteiger partial charge < -0.3 is 14.4 Å². The highest BCUT2D eigenvalue weighted by molar-refractivity contribution is 7.89. The highest BCUT2D eigenvalue weighted by Gasteiger charge is 2.31. The van der Waals surface area contributed by atoms with Crippen molar-refractivity contribution >= 4 is 38.5 Å². The van der Waals surface area contributed by atoms with Crippen molar-refractivity contribution in [3.8, 4) is 5.88 Å². The number of piperidine rings is 1. The second-order valence-corrected chi connectivity index (χ2v) is 10.1. The van der Waals surface area contributed by atoms with Crippen LogP contribution in [0.4, 0.5) is 0 Å². The van der Waals surface area contributed by atoms with Crippen molar-refractivity contribution in [3.05, 3.63) is 53.3 Å². The number of pyridine rings is 1. The van der Waals surface area contributed by atoms with E-state index in [1.54, 1.807) is 22.8 Å². The molecule has 170 valence electrons. The lowest BCUT2D eigenvalue weighted by Crippen LogP contribution is -2.37. The van der Waals surface area contributed by atoms with Gasteiger partial charge in [0.1, 0.15) is 11.4 Å². The summed E-state index contributed by atoms with van der Waals surface area (Å²) in [6.45, 7) is 2.89. The number of halogens is 1. The Labute approximate surface area is 191 Å². The van der Waals surface area contributed by atoms with Gasteiger partial charge in [0.2, 0.25) is 15.9 Å². The number of nitrogens with zero attached hydrogens (tertiary/aromatic N) is 3. The summed E-state index contributed by atoms with van der Waals surface area (Å²) in [4.78, 5) is 15.5.